The second kappa shape index (κ2) is 7.98. The smallest absolute Gasteiger partial charge is 0.0999 e. The average Bonchev–Trinajstić information content (AvgIpc) is 2.69. The number of fused-ring (bicyclic) bond motifs is 1. The standard InChI is InChI=1S/C23H20BrNO/c24-21-13-19-11-12-26-16-22(19)20(14-21)15-25-23(17-7-3-1-4-8-17)18-9-5-2-6-10-18/h1-10,13-15,23H,11-12,16H2. The summed E-state index contributed by atoms with van der Waals surface area (Å²) >= 11 is 3.64. The van der Waals surface area contributed by atoms with Gasteiger partial charge in [0, 0.05) is 10.7 Å². The van der Waals surface area contributed by atoms with Gasteiger partial charge in [-0.2, -0.15) is 0 Å². The first-order chi connectivity index (χ1) is 12.8. The number of aliphatic imine (C=N–C) groups is 1. The van der Waals surface area contributed by atoms with Crippen LogP contribution in [0.2, 0.25) is 0 Å². The van der Waals surface area contributed by atoms with Gasteiger partial charge in [0.25, 0.3) is 0 Å². The zero-order valence-electron chi connectivity index (χ0n) is 14.4. The highest BCUT2D eigenvalue weighted by Gasteiger charge is 2.15. The summed E-state index contributed by atoms with van der Waals surface area (Å²) in [5, 5.41) is 0. The monoisotopic (exact) mass is 405 g/mol. The van der Waals surface area contributed by atoms with Gasteiger partial charge in [-0.1, -0.05) is 76.6 Å². The molecule has 26 heavy (non-hydrogen) atoms. The van der Waals surface area contributed by atoms with E-state index in [9.17, 15) is 0 Å². The molecule has 1 aliphatic heterocycles. The van der Waals surface area contributed by atoms with Crippen molar-refractivity contribution in [3.05, 3.63) is 105 Å². The molecule has 0 N–H and O–H groups in total. The van der Waals surface area contributed by atoms with E-state index in [1.54, 1.807) is 0 Å². The van der Waals surface area contributed by atoms with Crippen LogP contribution >= 0.6 is 15.9 Å². The van der Waals surface area contributed by atoms with E-state index in [0.29, 0.717) is 6.61 Å². The second-order valence-electron chi connectivity index (χ2n) is 6.44. The number of benzene rings is 3. The van der Waals surface area contributed by atoms with E-state index in [2.05, 4.69) is 76.6 Å². The Bertz CT molecular complexity index is 867. The number of ether oxygens (including phenoxy) is 1. The van der Waals surface area contributed by atoms with Crippen molar-refractivity contribution in [3.63, 3.8) is 0 Å². The summed E-state index contributed by atoms with van der Waals surface area (Å²) < 4.78 is 6.77. The molecule has 130 valence electrons. The molecule has 3 heteroatoms. The third kappa shape index (κ3) is 3.79. The number of hydrogen-bond donors (Lipinski definition) is 0. The second-order valence-corrected chi connectivity index (χ2v) is 7.35. The molecular formula is C23H20BrNO. The summed E-state index contributed by atoms with van der Waals surface area (Å²) in [7, 11) is 0. The lowest BCUT2D eigenvalue weighted by atomic mass is 9.97. The van der Waals surface area contributed by atoms with Gasteiger partial charge in [-0.3, -0.25) is 4.99 Å². The minimum Gasteiger partial charge on any atom is -0.376 e. The Morgan fingerprint density at radius 1 is 0.923 bits per heavy atom. The first kappa shape index (κ1) is 17.2. The van der Waals surface area contributed by atoms with Gasteiger partial charge >= 0.3 is 0 Å². The third-order valence-electron chi connectivity index (χ3n) is 4.70. The summed E-state index contributed by atoms with van der Waals surface area (Å²) in [5.41, 5.74) is 6.11. The largest absolute Gasteiger partial charge is 0.376 e. The van der Waals surface area contributed by atoms with E-state index >= 15 is 0 Å². The van der Waals surface area contributed by atoms with Crippen molar-refractivity contribution in [2.24, 2.45) is 4.99 Å². The van der Waals surface area contributed by atoms with Crippen LogP contribution in [0.25, 0.3) is 0 Å². The Hall–Kier alpha value is -2.23. The molecule has 0 fully saturated rings. The Morgan fingerprint density at radius 2 is 1.58 bits per heavy atom. The molecular weight excluding hydrogens is 386 g/mol. The van der Waals surface area contributed by atoms with Crippen molar-refractivity contribution in [2.75, 3.05) is 6.61 Å². The highest BCUT2D eigenvalue weighted by Crippen LogP contribution is 2.28. The minimum absolute atomic E-state index is 0.0171. The number of rotatable bonds is 4. The summed E-state index contributed by atoms with van der Waals surface area (Å²) in [5.74, 6) is 0. The van der Waals surface area contributed by atoms with Crippen LogP contribution in [0.4, 0.5) is 0 Å². The molecule has 0 spiro atoms. The fourth-order valence-corrected chi connectivity index (χ4v) is 3.90. The van der Waals surface area contributed by atoms with Gasteiger partial charge in [0.2, 0.25) is 0 Å². The molecule has 1 aliphatic rings. The van der Waals surface area contributed by atoms with Crippen LogP contribution in [0.5, 0.6) is 0 Å². The van der Waals surface area contributed by atoms with Gasteiger partial charge in [-0.05, 0) is 46.4 Å². The summed E-state index contributed by atoms with van der Waals surface area (Å²) in [6.45, 7) is 1.45. The zero-order valence-corrected chi connectivity index (χ0v) is 16.0. The van der Waals surface area contributed by atoms with Crippen molar-refractivity contribution in [3.8, 4) is 0 Å². The molecule has 0 aliphatic carbocycles. The maximum Gasteiger partial charge on any atom is 0.0999 e. The third-order valence-corrected chi connectivity index (χ3v) is 5.15. The molecule has 4 rings (SSSR count). The molecule has 0 atom stereocenters. The van der Waals surface area contributed by atoms with Crippen molar-refractivity contribution in [2.45, 2.75) is 19.1 Å². The molecule has 0 radical (unpaired) electrons. The molecule has 1 heterocycles. The maximum atomic E-state index is 5.68. The van der Waals surface area contributed by atoms with E-state index < -0.39 is 0 Å². The lowest BCUT2D eigenvalue weighted by Gasteiger charge is -2.19. The van der Waals surface area contributed by atoms with E-state index in [1.807, 2.05) is 18.3 Å². The Balaban J connectivity index is 1.74. The molecule has 3 aromatic rings. The topological polar surface area (TPSA) is 21.6 Å². The molecule has 0 bridgehead atoms. The average molecular weight is 406 g/mol. The van der Waals surface area contributed by atoms with Gasteiger partial charge in [-0.25, -0.2) is 0 Å². The predicted molar refractivity (Wildman–Crippen MR) is 110 cm³/mol. The molecule has 0 aromatic heterocycles. The van der Waals surface area contributed by atoms with Crippen molar-refractivity contribution < 1.29 is 4.74 Å². The first-order valence-electron chi connectivity index (χ1n) is 8.83. The van der Waals surface area contributed by atoms with Crippen LogP contribution in [0.3, 0.4) is 0 Å². The molecule has 0 saturated carbocycles. The Kier molecular flexibility index (Phi) is 5.28. The van der Waals surface area contributed by atoms with Crippen LogP contribution in [-0.4, -0.2) is 12.8 Å². The van der Waals surface area contributed by atoms with Crippen LogP contribution in [0, 0.1) is 0 Å². The quantitative estimate of drug-likeness (QED) is 0.507. The normalized spacial score (nSPS) is 13.9. The number of hydrogen-bond acceptors (Lipinski definition) is 2. The van der Waals surface area contributed by atoms with Crippen LogP contribution in [0.15, 0.2) is 82.3 Å². The number of halogens is 1. The van der Waals surface area contributed by atoms with Crippen LogP contribution < -0.4 is 0 Å². The molecule has 3 aromatic carbocycles. The van der Waals surface area contributed by atoms with Gasteiger partial charge in [0.05, 0.1) is 19.3 Å². The van der Waals surface area contributed by atoms with Crippen molar-refractivity contribution >= 4 is 22.1 Å². The lowest BCUT2D eigenvalue weighted by molar-refractivity contribution is 0.110. The molecule has 0 saturated heterocycles. The van der Waals surface area contributed by atoms with Gasteiger partial charge in [0.1, 0.15) is 0 Å². The fraction of sp³-hybridized carbons (Fsp3) is 0.174. The summed E-state index contributed by atoms with van der Waals surface area (Å²) in [6, 6.07) is 25.2. The molecule has 2 nitrogen and oxygen atoms in total. The van der Waals surface area contributed by atoms with E-state index in [1.165, 1.54) is 22.3 Å². The van der Waals surface area contributed by atoms with Crippen molar-refractivity contribution in [1.82, 2.24) is 0 Å². The highest BCUT2D eigenvalue weighted by molar-refractivity contribution is 9.10. The first-order valence-corrected chi connectivity index (χ1v) is 9.62. The maximum absolute atomic E-state index is 5.68. The molecule has 0 amide bonds. The number of nitrogens with zero attached hydrogens (tertiary/aromatic N) is 1. The van der Waals surface area contributed by atoms with Gasteiger partial charge < -0.3 is 4.74 Å². The van der Waals surface area contributed by atoms with Crippen LogP contribution in [0.1, 0.15) is 33.9 Å². The fourth-order valence-electron chi connectivity index (χ4n) is 3.38. The summed E-state index contributed by atoms with van der Waals surface area (Å²) in [6.07, 6.45) is 2.96. The van der Waals surface area contributed by atoms with Crippen LogP contribution in [-0.2, 0) is 17.8 Å². The lowest BCUT2D eigenvalue weighted by Crippen LogP contribution is -2.12. The van der Waals surface area contributed by atoms with E-state index in [0.717, 1.165) is 23.1 Å². The van der Waals surface area contributed by atoms with E-state index in [-0.39, 0.29) is 6.04 Å². The predicted octanol–water partition coefficient (Wildman–Crippen LogP) is 5.73. The van der Waals surface area contributed by atoms with Gasteiger partial charge in [-0.15, -0.1) is 0 Å². The minimum atomic E-state index is -0.0171. The highest BCUT2D eigenvalue weighted by atomic mass is 79.9. The van der Waals surface area contributed by atoms with E-state index in [4.69, 9.17) is 9.73 Å². The van der Waals surface area contributed by atoms with Gasteiger partial charge in [0.15, 0.2) is 0 Å². The zero-order chi connectivity index (χ0) is 17.8. The SMILES string of the molecule is Brc1cc(C=NC(c2ccccc2)c2ccccc2)c2c(c1)CCOC2. The Labute approximate surface area is 162 Å². The molecule has 0 unspecified atom stereocenters. The summed E-state index contributed by atoms with van der Waals surface area (Å²) in [4.78, 5) is 4.98. The Morgan fingerprint density at radius 3 is 2.23 bits per heavy atom. The van der Waals surface area contributed by atoms with Crippen molar-refractivity contribution in [1.29, 1.82) is 0 Å².